The minimum atomic E-state index is -0.495. The molecular weight excluding hydrogens is 230 g/mol. The Kier molecular flexibility index (Phi) is 5.65. The lowest BCUT2D eigenvalue weighted by Gasteiger charge is -2.11. The number of hydrogen-bond donors (Lipinski definition) is 2. The zero-order valence-corrected chi connectivity index (χ0v) is 11.2. The summed E-state index contributed by atoms with van der Waals surface area (Å²) in [4.78, 5) is 11.4. The molecule has 0 bridgehead atoms. The van der Waals surface area contributed by atoms with Crippen molar-refractivity contribution in [3.63, 3.8) is 0 Å². The van der Waals surface area contributed by atoms with Gasteiger partial charge in [0.2, 0.25) is 0 Å². The first-order valence-corrected chi connectivity index (χ1v) is 6.22. The van der Waals surface area contributed by atoms with E-state index >= 15 is 0 Å². The van der Waals surface area contributed by atoms with Crippen LogP contribution in [0.25, 0.3) is 0 Å². The molecule has 0 aromatic heterocycles. The summed E-state index contributed by atoms with van der Waals surface area (Å²) in [7, 11) is 0. The Bertz CT molecular complexity index is 402. The molecule has 2 N–H and O–H groups in total. The van der Waals surface area contributed by atoms with Gasteiger partial charge in [-0.05, 0) is 43.5 Å². The number of aryl methyl sites for hydroxylation is 1. The fourth-order valence-corrected chi connectivity index (χ4v) is 1.55. The number of hydrogen-bond acceptors (Lipinski definition) is 3. The van der Waals surface area contributed by atoms with Crippen LogP contribution < -0.4 is 10.1 Å². The zero-order chi connectivity index (χ0) is 13.5. The van der Waals surface area contributed by atoms with E-state index in [1.165, 1.54) is 0 Å². The van der Waals surface area contributed by atoms with Crippen LogP contribution >= 0.6 is 0 Å². The van der Waals surface area contributed by atoms with Crippen LogP contribution in [0, 0.1) is 6.92 Å². The quantitative estimate of drug-likeness (QED) is 0.812. The van der Waals surface area contributed by atoms with Crippen molar-refractivity contribution in [2.45, 2.75) is 33.3 Å². The molecule has 1 atom stereocenters. The second kappa shape index (κ2) is 7.01. The number of benzene rings is 1. The van der Waals surface area contributed by atoms with Gasteiger partial charge in [-0.3, -0.25) is 4.79 Å². The minimum Gasteiger partial charge on any atom is -0.484 e. The molecule has 0 aliphatic carbocycles. The summed E-state index contributed by atoms with van der Waals surface area (Å²) in [5.74, 6) is 0.557. The largest absolute Gasteiger partial charge is 0.484 e. The van der Waals surface area contributed by atoms with Crippen LogP contribution in [0.3, 0.4) is 0 Å². The van der Waals surface area contributed by atoms with Crippen LogP contribution in [0.1, 0.15) is 37.5 Å². The molecule has 0 fully saturated rings. The van der Waals surface area contributed by atoms with Gasteiger partial charge in [0.25, 0.3) is 5.91 Å². The Morgan fingerprint density at radius 2 is 2.22 bits per heavy atom. The molecule has 0 heterocycles. The number of carbonyl (C=O) groups is 1. The van der Waals surface area contributed by atoms with Gasteiger partial charge in [-0.25, -0.2) is 0 Å². The van der Waals surface area contributed by atoms with Crippen LogP contribution in [0.15, 0.2) is 18.2 Å². The van der Waals surface area contributed by atoms with Crippen molar-refractivity contribution in [3.8, 4) is 5.75 Å². The summed E-state index contributed by atoms with van der Waals surface area (Å²) >= 11 is 0. The minimum absolute atomic E-state index is 0.0227. The van der Waals surface area contributed by atoms with Crippen molar-refractivity contribution in [3.05, 3.63) is 29.3 Å². The first-order valence-electron chi connectivity index (χ1n) is 6.22. The van der Waals surface area contributed by atoms with Crippen molar-refractivity contribution >= 4 is 5.91 Å². The van der Waals surface area contributed by atoms with Gasteiger partial charge in [-0.2, -0.15) is 0 Å². The lowest BCUT2D eigenvalue weighted by atomic mass is 10.1. The predicted octanol–water partition coefficient (Wildman–Crippen LogP) is 1.95. The molecule has 0 aliphatic heterocycles. The number of amides is 1. The van der Waals surface area contributed by atoms with Crippen molar-refractivity contribution < 1.29 is 14.6 Å². The molecule has 100 valence electrons. The van der Waals surface area contributed by atoms with Crippen molar-refractivity contribution in [2.24, 2.45) is 0 Å². The highest BCUT2D eigenvalue weighted by atomic mass is 16.5. The standard InChI is InChI=1S/C14H21NO3/c1-4-7-15-14(17)9-18-13-6-5-12(11(3)16)8-10(13)2/h5-6,8,11,16H,4,7,9H2,1-3H3,(H,15,17)/t11-/m0/s1. The molecule has 4 nitrogen and oxygen atoms in total. The molecule has 1 amide bonds. The van der Waals surface area contributed by atoms with Crippen molar-refractivity contribution in [1.29, 1.82) is 0 Å². The number of ether oxygens (including phenoxy) is 1. The number of nitrogens with one attached hydrogen (secondary N) is 1. The highest BCUT2D eigenvalue weighted by Gasteiger charge is 2.07. The molecular formula is C14H21NO3. The van der Waals surface area contributed by atoms with Gasteiger partial charge < -0.3 is 15.2 Å². The molecule has 0 radical (unpaired) electrons. The molecule has 18 heavy (non-hydrogen) atoms. The molecule has 1 rings (SSSR count). The molecule has 0 saturated carbocycles. The SMILES string of the molecule is CCCNC(=O)COc1ccc([C@H](C)O)cc1C. The third-order valence-electron chi connectivity index (χ3n) is 2.61. The maximum Gasteiger partial charge on any atom is 0.257 e. The first kappa shape index (κ1) is 14.5. The molecule has 0 spiro atoms. The van der Waals surface area contributed by atoms with E-state index in [4.69, 9.17) is 4.74 Å². The monoisotopic (exact) mass is 251 g/mol. The Hall–Kier alpha value is -1.55. The highest BCUT2D eigenvalue weighted by molar-refractivity contribution is 5.77. The number of aliphatic hydroxyl groups excluding tert-OH is 1. The zero-order valence-electron chi connectivity index (χ0n) is 11.2. The Balaban J connectivity index is 2.55. The fraction of sp³-hybridized carbons (Fsp3) is 0.500. The summed E-state index contributed by atoms with van der Waals surface area (Å²) in [5, 5.41) is 12.2. The molecule has 0 unspecified atom stereocenters. The highest BCUT2D eigenvalue weighted by Crippen LogP contribution is 2.22. The Morgan fingerprint density at radius 1 is 1.50 bits per heavy atom. The maximum atomic E-state index is 11.4. The lowest BCUT2D eigenvalue weighted by Crippen LogP contribution is -2.29. The van der Waals surface area contributed by atoms with E-state index in [0.29, 0.717) is 12.3 Å². The predicted molar refractivity (Wildman–Crippen MR) is 70.6 cm³/mol. The van der Waals surface area contributed by atoms with E-state index in [2.05, 4.69) is 5.32 Å². The Morgan fingerprint density at radius 3 is 2.78 bits per heavy atom. The van der Waals surface area contributed by atoms with Gasteiger partial charge in [0.05, 0.1) is 6.10 Å². The summed E-state index contributed by atoms with van der Waals surface area (Å²) < 4.78 is 5.44. The smallest absolute Gasteiger partial charge is 0.257 e. The van der Waals surface area contributed by atoms with E-state index in [-0.39, 0.29) is 12.5 Å². The normalized spacial score (nSPS) is 12.0. The van der Waals surface area contributed by atoms with E-state index in [1.54, 1.807) is 19.1 Å². The van der Waals surface area contributed by atoms with Crippen molar-refractivity contribution in [2.75, 3.05) is 13.2 Å². The summed E-state index contributed by atoms with van der Waals surface area (Å²) in [6, 6.07) is 5.45. The van der Waals surface area contributed by atoms with E-state index in [9.17, 15) is 9.90 Å². The van der Waals surface area contributed by atoms with Gasteiger partial charge in [0, 0.05) is 6.54 Å². The Labute approximate surface area is 108 Å². The summed E-state index contributed by atoms with van der Waals surface area (Å²) in [6.45, 7) is 6.30. The number of rotatable bonds is 6. The number of carbonyl (C=O) groups excluding carboxylic acids is 1. The second-order valence-electron chi connectivity index (χ2n) is 4.34. The third kappa shape index (κ3) is 4.37. The van der Waals surface area contributed by atoms with Crippen molar-refractivity contribution in [1.82, 2.24) is 5.32 Å². The third-order valence-corrected chi connectivity index (χ3v) is 2.61. The number of aliphatic hydroxyl groups is 1. The van der Waals surface area contributed by atoms with Crippen LogP contribution in [0.5, 0.6) is 5.75 Å². The van der Waals surface area contributed by atoms with Gasteiger partial charge in [0.15, 0.2) is 6.61 Å². The average Bonchev–Trinajstić information content (AvgIpc) is 2.34. The summed E-state index contributed by atoms with van der Waals surface area (Å²) in [6.07, 6.45) is 0.416. The average molecular weight is 251 g/mol. The van der Waals surface area contributed by atoms with E-state index in [0.717, 1.165) is 17.5 Å². The van der Waals surface area contributed by atoms with E-state index < -0.39 is 6.10 Å². The molecule has 0 saturated heterocycles. The first-order chi connectivity index (χ1) is 8.54. The lowest BCUT2D eigenvalue weighted by molar-refractivity contribution is -0.123. The van der Waals surface area contributed by atoms with E-state index in [1.807, 2.05) is 19.9 Å². The van der Waals surface area contributed by atoms with Gasteiger partial charge in [-0.1, -0.05) is 13.0 Å². The molecule has 4 heteroatoms. The van der Waals surface area contributed by atoms with Crippen LogP contribution in [0.4, 0.5) is 0 Å². The van der Waals surface area contributed by atoms with Gasteiger partial charge in [0.1, 0.15) is 5.75 Å². The van der Waals surface area contributed by atoms with Gasteiger partial charge >= 0.3 is 0 Å². The summed E-state index contributed by atoms with van der Waals surface area (Å²) in [5.41, 5.74) is 1.76. The fourth-order valence-electron chi connectivity index (χ4n) is 1.55. The van der Waals surface area contributed by atoms with Gasteiger partial charge in [-0.15, -0.1) is 0 Å². The van der Waals surface area contributed by atoms with Crippen LogP contribution in [0.2, 0.25) is 0 Å². The maximum absolute atomic E-state index is 11.4. The topological polar surface area (TPSA) is 58.6 Å². The van der Waals surface area contributed by atoms with Crippen LogP contribution in [-0.4, -0.2) is 24.2 Å². The molecule has 1 aromatic rings. The molecule has 0 aliphatic rings. The van der Waals surface area contributed by atoms with Crippen LogP contribution in [-0.2, 0) is 4.79 Å². The second-order valence-corrected chi connectivity index (χ2v) is 4.34. The molecule has 1 aromatic carbocycles.